The summed E-state index contributed by atoms with van der Waals surface area (Å²) >= 11 is 1.31. The Morgan fingerprint density at radius 2 is 1.93 bits per heavy atom. The summed E-state index contributed by atoms with van der Waals surface area (Å²) in [6, 6.07) is 13.8. The summed E-state index contributed by atoms with van der Waals surface area (Å²) in [7, 11) is 1.64. The molecule has 0 aliphatic heterocycles. The minimum Gasteiger partial charge on any atom is -0.497 e. The molecule has 0 bridgehead atoms. The van der Waals surface area contributed by atoms with Crippen LogP contribution in [0.1, 0.15) is 46.3 Å². The van der Waals surface area contributed by atoms with Gasteiger partial charge in [-0.15, -0.1) is 10.2 Å². The van der Waals surface area contributed by atoms with Crippen LogP contribution in [-0.2, 0) is 19.3 Å². The van der Waals surface area contributed by atoms with E-state index in [4.69, 9.17) is 9.15 Å². The fraction of sp³-hybridized carbons (Fsp3) is 0.318. The van der Waals surface area contributed by atoms with E-state index in [0.29, 0.717) is 17.5 Å². The van der Waals surface area contributed by atoms with Crippen molar-refractivity contribution < 1.29 is 13.9 Å². The second-order valence-corrected chi connectivity index (χ2v) is 8.24. The number of fused-ring (bicyclic) bond motifs is 1. The molecule has 1 aliphatic carbocycles. The molecular formula is C22H22N2O3S. The lowest BCUT2D eigenvalue weighted by molar-refractivity contribution is 0.0993. The number of carbonyl (C=O) groups is 1. The van der Waals surface area contributed by atoms with Crippen LogP contribution >= 0.6 is 11.8 Å². The number of Topliss-reactive ketones (excluding diaryl/α,β-unsaturated/α-hetero) is 1. The smallest absolute Gasteiger partial charge is 0.277 e. The van der Waals surface area contributed by atoms with E-state index in [2.05, 4.69) is 16.3 Å². The molecule has 0 radical (unpaired) electrons. The van der Waals surface area contributed by atoms with Crippen molar-refractivity contribution in [1.29, 1.82) is 0 Å². The van der Waals surface area contributed by atoms with Crippen molar-refractivity contribution in [1.82, 2.24) is 10.2 Å². The maximum Gasteiger partial charge on any atom is 0.277 e. The highest BCUT2D eigenvalue weighted by Crippen LogP contribution is 2.28. The molecule has 0 saturated carbocycles. The zero-order valence-corrected chi connectivity index (χ0v) is 16.8. The van der Waals surface area contributed by atoms with Crippen molar-refractivity contribution in [2.45, 2.75) is 43.1 Å². The van der Waals surface area contributed by atoms with Crippen LogP contribution in [0.4, 0.5) is 0 Å². The van der Waals surface area contributed by atoms with E-state index in [1.807, 2.05) is 43.3 Å². The summed E-state index contributed by atoms with van der Waals surface area (Å²) in [4.78, 5) is 12.8. The lowest BCUT2D eigenvalue weighted by Gasteiger charge is -2.09. The number of hydrogen-bond donors (Lipinski definition) is 0. The molecule has 28 heavy (non-hydrogen) atoms. The second kappa shape index (κ2) is 8.19. The van der Waals surface area contributed by atoms with Gasteiger partial charge in [0.1, 0.15) is 5.75 Å². The molecule has 4 rings (SSSR count). The zero-order valence-electron chi connectivity index (χ0n) is 16.0. The standard InChI is InChI=1S/C22H22N2O3S/c1-14(21(25)18-9-8-16-4-3-5-17(16)13-18)28-22-24-23-20(27-22)12-15-6-10-19(26-2)11-7-15/h6-11,13-14H,3-5,12H2,1-2H3. The van der Waals surface area contributed by atoms with Gasteiger partial charge >= 0.3 is 0 Å². The molecule has 144 valence electrons. The molecule has 1 atom stereocenters. The molecule has 0 spiro atoms. The predicted octanol–water partition coefficient (Wildman–Crippen LogP) is 4.52. The van der Waals surface area contributed by atoms with Gasteiger partial charge in [-0.1, -0.05) is 36.0 Å². The molecule has 5 nitrogen and oxygen atoms in total. The molecule has 6 heteroatoms. The Morgan fingerprint density at radius 3 is 2.71 bits per heavy atom. The number of thioether (sulfide) groups is 1. The molecule has 0 amide bonds. The summed E-state index contributed by atoms with van der Waals surface area (Å²) in [5.41, 5.74) is 4.50. The van der Waals surface area contributed by atoms with Crippen LogP contribution in [-0.4, -0.2) is 28.3 Å². The van der Waals surface area contributed by atoms with Crippen molar-refractivity contribution in [2.75, 3.05) is 7.11 Å². The largest absolute Gasteiger partial charge is 0.497 e. The van der Waals surface area contributed by atoms with E-state index in [1.54, 1.807) is 7.11 Å². The van der Waals surface area contributed by atoms with E-state index in [9.17, 15) is 4.79 Å². The molecule has 1 aliphatic rings. The minimum absolute atomic E-state index is 0.0922. The number of nitrogens with zero attached hydrogens (tertiary/aromatic N) is 2. The fourth-order valence-electron chi connectivity index (χ4n) is 3.44. The quantitative estimate of drug-likeness (QED) is 0.434. The van der Waals surface area contributed by atoms with Gasteiger partial charge in [0.2, 0.25) is 5.89 Å². The van der Waals surface area contributed by atoms with Crippen LogP contribution in [0.25, 0.3) is 0 Å². The van der Waals surface area contributed by atoms with E-state index in [-0.39, 0.29) is 11.0 Å². The molecule has 1 heterocycles. The van der Waals surface area contributed by atoms with Crippen LogP contribution in [0.15, 0.2) is 52.1 Å². The SMILES string of the molecule is COc1ccc(Cc2nnc(SC(C)C(=O)c3ccc4c(c3)CCC4)o2)cc1. The van der Waals surface area contributed by atoms with E-state index < -0.39 is 0 Å². The van der Waals surface area contributed by atoms with Crippen LogP contribution in [0.3, 0.4) is 0 Å². The number of aryl methyl sites for hydroxylation is 2. The first-order valence-electron chi connectivity index (χ1n) is 9.40. The maximum atomic E-state index is 12.8. The third-order valence-corrected chi connectivity index (χ3v) is 5.93. The average Bonchev–Trinajstić information content (AvgIpc) is 3.36. The van der Waals surface area contributed by atoms with Crippen LogP contribution in [0.2, 0.25) is 0 Å². The Hall–Kier alpha value is -2.60. The number of hydrogen-bond acceptors (Lipinski definition) is 6. The topological polar surface area (TPSA) is 65.2 Å². The monoisotopic (exact) mass is 394 g/mol. The third-order valence-electron chi connectivity index (χ3n) is 4.99. The molecule has 0 N–H and O–H groups in total. The normalized spacial score (nSPS) is 13.9. The highest BCUT2D eigenvalue weighted by Gasteiger charge is 2.21. The second-order valence-electron chi connectivity index (χ2n) is 6.95. The van der Waals surface area contributed by atoms with Crippen LogP contribution in [0.5, 0.6) is 5.75 Å². The predicted molar refractivity (Wildman–Crippen MR) is 108 cm³/mol. The lowest BCUT2D eigenvalue weighted by atomic mass is 10.0. The summed E-state index contributed by atoms with van der Waals surface area (Å²) in [5, 5.41) is 8.33. The van der Waals surface area contributed by atoms with Gasteiger partial charge in [-0.2, -0.15) is 0 Å². The van der Waals surface area contributed by atoms with E-state index in [0.717, 1.165) is 29.7 Å². The van der Waals surface area contributed by atoms with Crippen molar-refractivity contribution in [2.24, 2.45) is 0 Å². The molecule has 0 saturated heterocycles. The molecule has 3 aromatic rings. The number of rotatable bonds is 7. The van der Waals surface area contributed by atoms with Gasteiger partial charge in [-0.05, 0) is 61.1 Å². The molecule has 0 fully saturated rings. The first-order valence-corrected chi connectivity index (χ1v) is 10.3. The Bertz CT molecular complexity index is 982. The first-order chi connectivity index (χ1) is 13.6. The number of methoxy groups -OCH3 is 1. The molecule has 1 aromatic heterocycles. The van der Waals surface area contributed by atoms with Gasteiger partial charge in [0.05, 0.1) is 18.8 Å². The van der Waals surface area contributed by atoms with Crippen molar-refractivity contribution in [3.8, 4) is 5.75 Å². The van der Waals surface area contributed by atoms with Gasteiger partial charge in [-0.3, -0.25) is 4.79 Å². The fourth-order valence-corrected chi connectivity index (χ4v) is 4.22. The van der Waals surface area contributed by atoms with Crippen molar-refractivity contribution in [3.63, 3.8) is 0 Å². The maximum absolute atomic E-state index is 12.8. The number of aromatic nitrogens is 2. The Kier molecular flexibility index (Phi) is 5.48. The number of benzene rings is 2. The summed E-state index contributed by atoms with van der Waals surface area (Å²) in [6.07, 6.45) is 3.91. The molecular weight excluding hydrogens is 372 g/mol. The Morgan fingerprint density at radius 1 is 1.14 bits per heavy atom. The molecule has 2 aromatic carbocycles. The molecule has 1 unspecified atom stereocenters. The lowest BCUT2D eigenvalue weighted by Crippen LogP contribution is -2.13. The van der Waals surface area contributed by atoms with Gasteiger partial charge in [0, 0.05) is 5.56 Å². The Balaban J connectivity index is 1.39. The summed E-state index contributed by atoms with van der Waals surface area (Å²) < 4.78 is 10.9. The summed E-state index contributed by atoms with van der Waals surface area (Å²) in [6.45, 7) is 1.88. The minimum atomic E-state index is -0.284. The van der Waals surface area contributed by atoms with Gasteiger partial charge < -0.3 is 9.15 Å². The van der Waals surface area contributed by atoms with Crippen molar-refractivity contribution >= 4 is 17.5 Å². The average molecular weight is 394 g/mol. The van der Waals surface area contributed by atoms with Crippen LogP contribution < -0.4 is 4.74 Å². The summed E-state index contributed by atoms with van der Waals surface area (Å²) in [5.74, 6) is 1.43. The van der Waals surface area contributed by atoms with Gasteiger partial charge in [0.25, 0.3) is 5.22 Å². The van der Waals surface area contributed by atoms with Crippen LogP contribution in [0, 0.1) is 0 Å². The number of ether oxygens (including phenoxy) is 1. The number of ketones is 1. The van der Waals surface area contributed by atoms with E-state index >= 15 is 0 Å². The zero-order chi connectivity index (χ0) is 19.5. The van der Waals surface area contributed by atoms with Gasteiger partial charge in [-0.25, -0.2) is 0 Å². The highest BCUT2D eigenvalue weighted by atomic mass is 32.2. The number of carbonyl (C=O) groups excluding carboxylic acids is 1. The Labute approximate surface area is 168 Å². The van der Waals surface area contributed by atoms with Crippen molar-refractivity contribution in [3.05, 3.63) is 70.6 Å². The highest BCUT2D eigenvalue weighted by molar-refractivity contribution is 8.00. The third kappa shape index (κ3) is 4.12. The first kappa shape index (κ1) is 18.7. The van der Waals surface area contributed by atoms with E-state index in [1.165, 1.54) is 29.3 Å². The van der Waals surface area contributed by atoms with Gasteiger partial charge in [0.15, 0.2) is 5.78 Å².